The van der Waals surface area contributed by atoms with Crippen molar-refractivity contribution >= 4 is 27.5 Å². The SMILES string of the molecule is CCOC(=O)C(N)Cc1cc2c(C(F)(F)F)nn(C)c2s1. The van der Waals surface area contributed by atoms with Crippen LogP contribution >= 0.6 is 11.3 Å². The van der Waals surface area contributed by atoms with Crippen molar-refractivity contribution in [2.75, 3.05) is 6.61 Å². The van der Waals surface area contributed by atoms with Gasteiger partial charge in [0, 0.05) is 23.7 Å². The molecular weight excluding hydrogens is 307 g/mol. The van der Waals surface area contributed by atoms with Gasteiger partial charge in [0.15, 0.2) is 5.69 Å². The number of nitrogens with zero attached hydrogens (tertiary/aromatic N) is 2. The van der Waals surface area contributed by atoms with Crippen LogP contribution in [0.1, 0.15) is 17.5 Å². The van der Waals surface area contributed by atoms with E-state index in [1.807, 2.05) is 0 Å². The van der Waals surface area contributed by atoms with Gasteiger partial charge in [0.2, 0.25) is 0 Å². The summed E-state index contributed by atoms with van der Waals surface area (Å²) < 4.78 is 44.5. The van der Waals surface area contributed by atoms with Crippen molar-refractivity contribution in [2.24, 2.45) is 12.8 Å². The first kappa shape index (κ1) is 15.8. The molecule has 2 heterocycles. The van der Waals surface area contributed by atoms with E-state index in [1.54, 1.807) is 6.92 Å². The van der Waals surface area contributed by atoms with Crippen LogP contribution < -0.4 is 5.73 Å². The van der Waals surface area contributed by atoms with Gasteiger partial charge in [-0.25, -0.2) is 0 Å². The first-order valence-corrected chi connectivity index (χ1v) is 7.00. The third kappa shape index (κ3) is 3.18. The fourth-order valence-electron chi connectivity index (χ4n) is 1.95. The second kappa shape index (κ2) is 5.64. The Bertz CT molecular complexity index is 663. The number of alkyl halides is 3. The number of carbonyl (C=O) groups is 1. The lowest BCUT2D eigenvalue weighted by Crippen LogP contribution is -2.34. The maximum atomic E-state index is 12.9. The number of hydrogen-bond acceptors (Lipinski definition) is 5. The van der Waals surface area contributed by atoms with Gasteiger partial charge in [0.1, 0.15) is 10.9 Å². The second-order valence-corrected chi connectivity index (χ2v) is 5.58. The maximum Gasteiger partial charge on any atom is 0.435 e. The summed E-state index contributed by atoms with van der Waals surface area (Å²) in [6, 6.07) is 0.495. The Morgan fingerprint density at radius 1 is 1.57 bits per heavy atom. The van der Waals surface area contributed by atoms with E-state index in [4.69, 9.17) is 10.5 Å². The summed E-state index contributed by atoms with van der Waals surface area (Å²) in [5, 5.41) is 3.51. The quantitative estimate of drug-likeness (QED) is 0.876. The number of esters is 1. The average molecular weight is 321 g/mol. The predicted octanol–water partition coefficient (Wildman–Crippen LogP) is 2.09. The highest BCUT2D eigenvalue weighted by Gasteiger charge is 2.37. The Hall–Kier alpha value is -1.61. The third-order valence-electron chi connectivity index (χ3n) is 2.84. The number of thiophene rings is 1. The van der Waals surface area contributed by atoms with Crippen LogP contribution in [0, 0.1) is 0 Å². The lowest BCUT2D eigenvalue weighted by Gasteiger charge is -2.08. The van der Waals surface area contributed by atoms with Gasteiger partial charge >= 0.3 is 12.1 Å². The minimum absolute atomic E-state index is 0.0288. The summed E-state index contributed by atoms with van der Waals surface area (Å²) in [5.41, 5.74) is 4.75. The molecule has 0 aliphatic heterocycles. The van der Waals surface area contributed by atoms with Crippen molar-refractivity contribution in [3.63, 3.8) is 0 Å². The summed E-state index contributed by atoms with van der Waals surface area (Å²) in [6.07, 6.45) is -4.38. The number of nitrogens with two attached hydrogens (primary N) is 1. The van der Waals surface area contributed by atoms with Crippen LogP contribution in [0.4, 0.5) is 13.2 Å². The van der Waals surface area contributed by atoms with E-state index >= 15 is 0 Å². The molecule has 0 radical (unpaired) electrons. The summed E-state index contributed by atoms with van der Waals surface area (Å²) in [4.78, 5) is 12.4. The Kier molecular flexibility index (Phi) is 4.24. The van der Waals surface area contributed by atoms with Crippen LogP contribution in [0.2, 0.25) is 0 Å². The lowest BCUT2D eigenvalue weighted by atomic mass is 10.2. The number of ether oxygens (including phenoxy) is 1. The van der Waals surface area contributed by atoms with Gasteiger partial charge in [-0.15, -0.1) is 11.3 Å². The van der Waals surface area contributed by atoms with Crippen molar-refractivity contribution in [3.8, 4) is 0 Å². The smallest absolute Gasteiger partial charge is 0.435 e. The molecule has 0 fully saturated rings. The number of halogens is 3. The molecule has 0 saturated heterocycles. The Balaban J connectivity index is 2.29. The molecule has 1 unspecified atom stereocenters. The molecule has 2 aromatic rings. The molecule has 0 aliphatic rings. The molecule has 0 amide bonds. The monoisotopic (exact) mass is 321 g/mol. The number of hydrogen-bond donors (Lipinski definition) is 1. The van der Waals surface area contributed by atoms with E-state index in [2.05, 4.69) is 5.10 Å². The number of aromatic nitrogens is 2. The van der Waals surface area contributed by atoms with Gasteiger partial charge in [-0.2, -0.15) is 18.3 Å². The Morgan fingerprint density at radius 3 is 2.81 bits per heavy atom. The van der Waals surface area contributed by atoms with E-state index in [0.29, 0.717) is 9.71 Å². The summed E-state index contributed by atoms with van der Waals surface area (Å²) in [7, 11) is 1.45. The molecule has 0 spiro atoms. The van der Waals surface area contributed by atoms with Crippen LogP contribution in [-0.2, 0) is 29.2 Å². The second-order valence-electron chi connectivity index (χ2n) is 4.46. The summed E-state index contributed by atoms with van der Waals surface area (Å²) in [5.74, 6) is -0.566. The molecular formula is C12H14F3N3O2S. The van der Waals surface area contributed by atoms with Gasteiger partial charge in [0.25, 0.3) is 0 Å². The largest absolute Gasteiger partial charge is 0.465 e. The molecule has 0 bridgehead atoms. The summed E-state index contributed by atoms with van der Waals surface area (Å²) in [6.45, 7) is 1.87. The minimum atomic E-state index is -4.51. The molecule has 2 N–H and O–H groups in total. The molecule has 1 atom stereocenters. The highest BCUT2D eigenvalue weighted by Crippen LogP contribution is 2.37. The number of carbonyl (C=O) groups excluding carboxylic acids is 1. The molecule has 5 nitrogen and oxygen atoms in total. The molecule has 0 aliphatic carbocycles. The highest BCUT2D eigenvalue weighted by molar-refractivity contribution is 7.18. The molecule has 2 aromatic heterocycles. The highest BCUT2D eigenvalue weighted by atomic mass is 32.1. The van der Waals surface area contributed by atoms with Crippen molar-refractivity contribution < 1.29 is 22.7 Å². The lowest BCUT2D eigenvalue weighted by molar-refractivity contribution is -0.144. The standard InChI is InChI=1S/C12H14F3N3O2S/c1-3-20-11(19)8(16)5-6-4-7-9(12(13,14)15)17-18(2)10(7)21-6/h4,8H,3,5,16H2,1-2H3. The minimum Gasteiger partial charge on any atom is -0.465 e. The zero-order valence-electron chi connectivity index (χ0n) is 11.4. The Labute approximate surface area is 122 Å². The van der Waals surface area contributed by atoms with Crippen molar-refractivity contribution in [1.29, 1.82) is 0 Å². The van der Waals surface area contributed by atoms with Crippen molar-refractivity contribution in [1.82, 2.24) is 9.78 Å². The molecule has 2 rings (SSSR count). The van der Waals surface area contributed by atoms with Crippen LogP contribution in [0.25, 0.3) is 10.2 Å². The third-order valence-corrected chi connectivity index (χ3v) is 4.07. The van der Waals surface area contributed by atoms with E-state index in [-0.39, 0.29) is 18.4 Å². The van der Waals surface area contributed by atoms with Crippen molar-refractivity contribution in [2.45, 2.75) is 25.6 Å². The van der Waals surface area contributed by atoms with Gasteiger partial charge in [-0.1, -0.05) is 0 Å². The molecule has 116 valence electrons. The van der Waals surface area contributed by atoms with Gasteiger partial charge in [0.05, 0.1) is 6.61 Å². The maximum absolute atomic E-state index is 12.9. The van der Waals surface area contributed by atoms with Crippen LogP contribution in [0.5, 0.6) is 0 Å². The van der Waals surface area contributed by atoms with E-state index in [9.17, 15) is 18.0 Å². The van der Waals surface area contributed by atoms with Gasteiger partial charge in [-0.05, 0) is 13.0 Å². The average Bonchev–Trinajstić information content (AvgIpc) is 2.89. The zero-order valence-corrected chi connectivity index (χ0v) is 12.2. The number of aryl methyl sites for hydroxylation is 1. The van der Waals surface area contributed by atoms with Crippen LogP contribution in [0.15, 0.2) is 6.07 Å². The normalized spacial score (nSPS) is 13.6. The van der Waals surface area contributed by atoms with Gasteiger partial charge in [-0.3, -0.25) is 9.48 Å². The van der Waals surface area contributed by atoms with Gasteiger partial charge < -0.3 is 10.5 Å². The first-order valence-electron chi connectivity index (χ1n) is 6.18. The predicted molar refractivity (Wildman–Crippen MR) is 71.9 cm³/mol. The van der Waals surface area contributed by atoms with Crippen LogP contribution in [-0.4, -0.2) is 28.4 Å². The molecule has 0 saturated carbocycles. The summed E-state index contributed by atoms with van der Waals surface area (Å²) >= 11 is 1.14. The van der Waals surface area contributed by atoms with E-state index in [0.717, 1.165) is 11.3 Å². The first-order chi connectivity index (χ1) is 9.74. The van der Waals surface area contributed by atoms with Crippen molar-refractivity contribution in [3.05, 3.63) is 16.6 Å². The number of rotatable bonds is 4. The van der Waals surface area contributed by atoms with Crippen LogP contribution in [0.3, 0.4) is 0 Å². The molecule has 9 heteroatoms. The Morgan fingerprint density at radius 2 is 2.24 bits per heavy atom. The topological polar surface area (TPSA) is 70.1 Å². The molecule has 21 heavy (non-hydrogen) atoms. The number of fused-ring (bicyclic) bond motifs is 1. The molecule has 0 aromatic carbocycles. The zero-order chi connectivity index (χ0) is 15.8. The fourth-order valence-corrected chi connectivity index (χ4v) is 3.08. The fraction of sp³-hybridized carbons (Fsp3) is 0.500. The van der Waals surface area contributed by atoms with E-state index in [1.165, 1.54) is 17.8 Å². The van der Waals surface area contributed by atoms with E-state index < -0.39 is 23.9 Å².